The van der Waals surface area contributed by atoms with Crippen molar-refractivity contribution in [2.24, 2.45) is 0 Å². The number of hydrogen-bond acceptors (Lipinski definition) is 8. The predicted octanol–water partition coefficient (Wildman–Crippen LogP) is 3.69. The molecule has 1 fully saturated rings. The van der Waals surface area contributed by atoms with Crippen LogP contribution in [0.1, 0.15) is 66.2 Å². The number of hydrogen-bond donors (Lipinski definition) is 0. The molecule has 31 heavy (non-hydrogen) atoms. The lowest BCUT2D eigenvalue weighted by molar-refractivity contribution is -0.158. The van der Waals surface area contributed by atoms with E-state index in [0.717, 1.165) is 23.7 Å². The largest absolute Gasteiger partial charge is 0.342 e. The molecule has 1 aliphatic rings. The molecule has 0 aliphatic carbocycles. The second-order valence-corrected chi connectivity index (χ2v) is 12.1. The number of allylic oxidation sites excluding steroid dienone is 2. The molecule has 0 aromatic heterocycles. The van der Waals surface area contributed by atoms with Crippen molar-refractivity contribution < 1.29 is 34.7 Å². The number of rotatable bonds is 14. The molecule has 0 unspecified atom stereocenters. The maximum atomic E-state index is 11.9. The molecule has 0 N–H and O–H groups in total. The monoisotopic (exact) mass is 482 g/mol. The summed E-state index contributed by atoms with van der Waals surface area (Å²) in [6.07, 6.45) is 2.01. The Hall–Kier alpha value is -0.780. The van der Waals surface area contributed by atoms with Crippen LogP contribution in [-0.2, 0) is 38.1 Å². The first-order chi connectivity index (χ1) is 14.0. The summed E-state index contributed by atoms with van der Waals surface area (Å²) in [6.45, 7) is 14.9. The smallest absolute Gasteiger partial charge is 0.264 e. The van der Waals surface area contributed by atoms with Crippen molar-refractivity contribution in [3.05, 3.63) is 24.3 Å². The van der Waals surface area contributed by atoms with Crippen molar-refractivity contribution in [2.75, 3.05) is 12.5 Å². The van der Waals surface area contributed by atoms with Gasteiger partial charge in [0, 0.05) is 0 Å². The van der Waals surface area contributed by atoms with Gasteiger partial charge in [0.05, 0.1) is 12.5 Å². The zero-order valence-electron chi connectivity index (χ0n) is 19.5. The minimum absolute atomic E-state index is 0.373. The predicted molar refractivity (Wildman–Crippen MR) is 121 cm³/mol. The maximum Gasteiger partial charge on any atom is 0.264 e. The molecule has 1 rings (SSSR count). The van der Waals surface area contributed by atoms with Gasteiger partial charge in [-0.2, -0.15) is 16.8 Å². The van der Waals surface area contributed by atoms with Gasteiger partial charge in [-0.25, -0.2) is 0 Å². The van der Waals surface area contributed by atoms with Crippen molar-refractivity contribution >= 4 is 20.2 Å². The third kappa shape index (κ3) is 11.6. The first kappa shape index (κ1) is 28.3. The lowest BCUT2D eigenvalue weighted by Crippen LogP contribution is -2.45. The second-order valence-electron chi connectivity index (χ2n) is 8.94. The van der Waals surface area contributed by atoms with Gasteiger partial charge in [0.2, 0.25) is 0 Å². The summed E-state index contributed by atoms with van der Waals surface area (Å²) in [4.78, 5) is 0. The molecule has 1 aliphatic heterocycles. The van der Waals surface area contributed by atoms with Crippen LogP contribution >= 0.6 is 0 Å². The van der Waals surface area contributed by atoms with Crippen molar-refractivity contribution in [1.82, 2.24) is 0 Å². The van der Waals surface area contributed by atoms with E-state index in [4.69, 9.17) is 17.8 Å². The molecule has 0 saturated carbocycles. The van der Waals surface area contributed by atoms with Crippen LogP contribution in [0, 0.1) is 0 Å². The molecule has 0 spiro atoms. The molecule has 1 heterocycles. The highest BCUT2D eigenvalue weighted by Crippen LogP contribution is 2.37. The van der Waals surface area contributed by atoms with Crippen molar-refractivity contribution in [3.8, 4) is 0 Å². The summed E-state index contributed by atoms with van der Waals surface area (Å²) in [6, 6.07) is 0. The summed E-state index contributed by atoms with van der Waals surface area (Å²) in [7, 11) is -7.58. The van der Waals surface area contributed by atoms with E-state index in [1.165, 1.54) is 0 Å². The molecule has 10 heteroatoms. The van der Waals surface area contributed by atoms with Crippen LogP contribution in [-0.4, -0.2) is 59.6 Å². The minimum Gasteiger partial charge on any atom is -0.342 e. The van der Waals surface area contributed by atoms with Gasteiger partial charge in [-0.15, -0.1) is 13.2 Å². The van der Waals surface area contributed by atoms with Gasteiger partial charge in [-0.05, 0) is 66.2 Å². The van der Waals surface area contributed by atoms with Crippen LogP contribution in [0.4, 0.5) is 0 Å². The summed E-state index contributed by atoms with van der Waals surface area (Å²) < 4.78 is 70.5. The normalized spacial score (nSPS) is 23.4. The molecule has 4 atom stereocenters. The molecule has 0 radical (unpaired) electrons. The Morgan fingerprint density at radius 2 is 1.16 bits per heavy atom. The highest BCUT2D eigenvalue weighted by molar-refractivity contribution is 7.86. The van der Waals surface area contributed by atoms with Crippen LogP contribution in [0.15, 0.2) is 24.3 Å². The van der Waals surface area contributed by atoms with Gasteiger partial charge in [-0.1, -0.05) is 11.1 Å². The standard InChI is InChI=1S/C21H38O8S2/c1-15(2)11-9-13-17(28-30(7,22)23)19-20(27-21(5,6)26-19)18(29-31(8,24)25)14-10-12-16(3)4/h17-20H,1,3,9-14H2,2,4-8H3/t17-,18-,19-,20-/m1/s1. The van der Waals surface area contributed by atoms with Crippen molar-refractivity contribution in [3.63, 3.8) is 0 Å². The fourth-order valence-corrected chi connectivity index (χ4v) is 4.90. The molecule has 0 aromatic carbocycles. The average Bonchev–Trinajstić information content (AvgIpc) is 2.86. The topological polar surface area (TPSA) is 105 Å². The van der Waals surface area contributed by atoms with E-state index < -0.39 is 50.4 Å². The molecule has 0 aromatic rings. The molecule has 8 nitrogen and oxygen atoms in total. The minimum atomic E-state index is -3.79. The SMILES string of the molecule is C=C(C)CCC[C@@H](OS(C)(=O)=O)[C@H]1OC(C)(C)O[C@@H]1[C@@H](CCCC(=C)C)OS(C)(=O)=O. The fraction of sp³-hybridized carbons (Fsp3) is 0.810. The van der Waals surface area contributed by atoms with E-state index in [1.807, 2.05) is 13.8 Å². The van der Waals surface area contributed by atoms with E-state index in [0.29, 0.717) is 38.5 Å². The van der Waals surface area contributed by atoms with E-state index in [1.54, 1.807) is 13.8 Å². The van der Waals surface area contributed by atoms with E-state index in [9.17, 15) is 16.8 Å². The van der Waals surface area contributed by atoms with Crippen LogP contribution < -0.4 is 0 Å². The summed E-state index contributed by atoms with van der Waals surface area (Å²) in [5, 5.41) is 0. The first-order valence-corrected chi connectivity index (χ1v) is 14.0. The van der Waals surface area contributed by atoms with Crippen LogP contribution in [0.25, 0.3) is 0 Å². The van der Waals surface area contributed by atoms with Crippen LogP contribution in [0.3, 0.4) is 0 Å². The first-order valence-electron chi connectivity index (χ1n) is 10.4. The van der Waals surface area contributed by atoms with Crippen molar-refractivity contribution in [1.29, 1.82) is 0 Å². The highest BCUT2D eigenvalue weighted by atomic mass is 32.2. The molecule has 0 amide bonds. The molecular formula is C21H38O8S2. The fourth-order valence-electron chi connectivity index (χ4n) is 3.59. The Morgan fingerprint density at radius 1 is 0.839 bits per heavy atom. The van der Waals surface area contributed by atoms with Gasteiger partial charge < -0.3 is 9.47 Å². The quantitative estimate of drug-likeness (QED) is 0.273. The van der Waals surface area contributed by atoms with Gasteiger partial charge >= 0.3 is 0 Å². The Kier molecular flexibility index (Phi) is 10.4. The Labute approximate surface area is 188 Å². The molecule has 1 saturated heterocycles. The summed E-state index contributed by atoms with van der Waals surface area (Å²) in [5.74, 6) is -1.06. The van der Waals surface area contributed by atoms with Crippen LogP contribution in [0.5, 0.6) is 0 Å². The van der Waals surface area contributed by atoms with Crippen LogP contribution in [0.2, 0.25) is 0 Å². The zero-order chi connectivity index (χ0) is 24.0. The van der Waals surface area contributed by atoms with Gasteiger partial charge in [0.15, 0.2) is 5.79 Å². The molecular weight excluding hydrogens is 444 g/mol. The van der Waals surface area contributed by atoms with E-state index in [-0.39, 0.29) is 0 Å². The summed E-state index contributed by atoms with van der Waals surface area (Å²) in [5.41, 5.74) is 1.94. The van der Waals surface area contributed by atoms with E-state index >= 15 is 0 Å². The van der Waals surface area contributed by atoms with E-state index in [2.05, 4.69) is 13.2 Å². The Balaban J connectivity index is 3.21. The maximum absolute atomic E-state index is 11.9. The lowest BCUT2D eigenvalue weighted by Gasteiger charge is -2.30. The Morgan fingerprint density at radius 3 is 1.42 bits per heavy atom. The third-order valence-corrected chi connectivity index (χ3v) is 5.87. The highest BCUT2D eigenvalue weighted by Gasteiger charge is 2.50. The van der Waals surface area contributed by atoms with Gasteiger partial charge in [-0.3, -0.25) is 8.37 Å². The van der Waals surface area contributed by atoms with Gasteiger partial charge in [0.1, 0.15) is 24.4 Å². The van der Waals surface area contributed by atoms with Crippen molar-refractivity contribution in [2.45, 2.75) is 96.4 Å². The summed E-state index contributed by atoms with van der Waals surface area (Å²) >= 11 is 0. The zero-order valence-corrected chi connectivity index (χ0v) is 21.2. The molecule has 0 bridgehead atoms. The van der Waals surface area contributed by atoms with Gasteiger partial charge in [0.25, 0.3) is 20.2 Å². The number of ether oxygens (including phenoxy) is 2. The third-order valence-electron chi connectivity index (χ3n) is 4.68. The molecule has 182 valence electrons. The Bertz CT molecular complexity index is 761. The average molecular weight is 483 g/mol. The second kappa shape index (κ2) is 11.4. The lowest BCUT2D eigenvalue weighted by atomic mass is 9.95.